The number of fused-ring (bicyclic) bond motifs is 1. The average Bonchev–Trinajstić information content (AvgIpc) is 2.86. The zero-order chi connectivity index (χ0) is 17.0. The quantitative estimate of drug-likeness (QED) is 0.651. The molecule has 1 aromatic carbocycles. The highest BCUT2D eigenvalue weighted by molar-refractivity contribution is 9.10. The van der Waals surface area contributed by atoms with Crippen LogP contribution >= 0.6 is 15.9 Å². The van der Waals surface area contributed by atoms with E-state index in [0.717, 1.165) is 5.39 Å². The molecule has 0 aliphatic rings. The van der Waals surface area contributed by atoms with Gasteiger partial charge in [0, 0.05) is 24.7 Å². The first-order chi connectivity index (χ1) is 11.0. The maximum absolute atomic E-state index is 12.7. The van der Waals surface area contributed by atoms with Crippen molar-refractivity contribution < 1.29 is 13.9 Å². The molecule has 23 heavy (non-hydrogen) atoms. The summed E-state index contributed by atoms with van der Waals surface area (Å²) in [7, 11) is 0. The standard InChI is InChI=1S/C18H20BrNO3/c1-5-7-20(8-6-2)18(21)13-9-15(22-12(3)4)14-11-17(19)23-16(14)10-13/h5-6,9-12H,1-2,7-8H2,3-4H3. The summed E-state index contributed by atoms with van der Waals surface area (Å²) < 4.78 is 12.0. The fourth-order valence-corrected chi connectivity index (χ4v) is 2.69. The van der Waals surface area contributed by atoms with Crippen molar-refractivity contribution in [1.82, 2.24) is 4.90 Å². The molecule has 0 fully saturated rings. The summed E-state index contributed by atoms with van der Waals surface area (Å²) in [5.41, 5.74) is 1.12. The van der Waals surface area contributed by atoms with Gasteiger partial charge in [-0.05, 0) is 41.9 Å². The lowest BCUT2D eigenvalue weighted by molar-refractivity contribution is 0.0790. The molecule has 4 nitrogen and oxygen atoms in total. The highest BCUT2D eigenvalue weighted by Crippen LogP contribution is 2.33. The van der Waals surface area contributed by atoms with Gasteiger partial charge in [-0.1, -0.05) is 12.2 Å². The molecule has 2 rings (SSSR count). The summed E-state index contributed by atoms with van der Waals surface area (Å²) in [5, 5.41) is 0.834. The zero-order valence-corrected chi connectivity index (χ0v) is 14.9. The van der Waals surface area contributed by atoms with Gasteiger partial charge in [-0.15, -0.1) is 13.2 Å². The van der Waals surface area contributed by atoms with Gasteiger partial charge in [0.15, 0.2) is 4.67 Å². The van der Waals surface area contributed by atoms with E-state index in [1.165, 1.54) is 0 Å². The van der Waals surface area contributed by atoms with Crippen LogP contribution in [0.25, 0.3) is 11.0 Å². The molecule has 1 amide bonds. The summed E-state index contributed by atoms with van der Waals surface area (Å²) in [5.74, 6) is 0.514. The molecule has 122 valence electrons. The first kappa shape index (κ1) is 17.3. The molecular weight excluding hydrogens is 358 g/mol. The number of hydrogen-bond acceptors (Lipinski definition) is 3. The minimum Gasteiger partial charge on any atom is -0.490 e. The maximum Gasteiger partial charge on any atom is 0.254 e. The van der Waals surface area contributed by atoms with E-state index in [1.807, 2.05) is 19.9 Å². The van der Waals surface area contributed by atoms with E-state index in [0.29, 0.717) is 34.7 Å². The van der Waals surface area contributed by atoms with Crippen LogP contribution in [0, 0.1) is 0 Å². The highest BCUT2D eigenvalue weighted by Gasteiger charge is 2.18. The van der Waals surface area contributed by atoms with Crippen LogP contribution in [0.5, 0.6) is 5.75 Å². The smallest absolute Gasteiger partial charge is 0.254 e. The number of hydrogen-bond donors (Lipinski definition) is 0. The topological polar surface area (TPSA) is 42.7 Å². The van der Waals surface area contributed by atoms with E-state index in [1.54, 1.807) is 29.2 Å². The van der Waals surface area contributed by atoms with Crippen molar-refractivity contribution in [3.8, 4) is 5.75 Å². The predicted octanol–water partition coefficient (Wildman–Crippen LogP) is 4.80. The fraction of sp³-hybridized carbons (Fsp3) is 0.278. The molecule has 0 unspecified atom stereocenters. The van der Waals surface area contributed by atoms with Gasteiger partial charge in [0.2, 0.25) is 0 Å². The van der Waals surface area contributed by atoms with Crippen LogP contribution in [0.4, 0.5) is 0 Å². The van der Waals surface area contributed by atoms with E-state index >= 15 is 0 Å². The molecule has 5 heteroatoms. The number of nitrogens with zero attached hydrogens (tertiary/aromatic N) is 1. The van der Waals surface area contributed by atoms with E-state index < -0.39 is 0 Å². The minimum absolute atomic E-state index is 0.00493. The molecule has 0 radical (unpaired) electrons. The average molecular weight is 378 g/mol. The molecule has 2 aromatic rings. The number of amides is 1. The van der Waals surface area contributed by atoms with Crippen LogP contribution < -0.4 is 4.74 Å². The van der Waals surface area contributed by atoms with E-state index in [-0.39, 0.29) is 12.0 Å². The van der Waals surface area contributed by atoms with Crippen LogP contribution in [0.15, 0.2) is 52.6 Å². The van der Waals surface area contributed by atoms with Gasteiger partial charge in [-0.2, -0.15) is 0 Å². The second kappa shape index (κ2) is 7.51. The number of benzene rings is 1. The van der Waals surface area contributed by atoms with Crippen LogP contribution in [0.3, 0.4) is 0 Å². The molecule has 0 saturated heterocycles. The van der Waals surface area contributed by atoms with E-state index in [4.69, 9.17) is 9.15 Å². The fourth-order valence-electron chi connectivity index (χ4n) is 2.29. The maximum atomic E-state index is 12.7. The first-order valence-corrected chi connectivity index (χ1v) is 8.16. The normalized spacial score (nSPS) is 10.8. The van der Waals surface area contributed by atoms with Crippen molar-refractivity contribution in [2.75, 3.05) is 13.1 Å². The van der Waals surface area contributed by atoms with Crippen molar-refractivity contribution in [1.29, 1.82) is 0 Å². The minimum atomic E-state index is -0.118. The Labute approximate surface area is 144 Å². The summed E-state index contributed by atoms with van der Waals surface area (Å²) in [6.45, 7) is 12.2. The molecule has 0 aliphatic carbocycles. The second-order valence-corrected chi connectivity index (χ2v) is 6.17. The number of furan rings is 1. The molecule has 1 heterocycles. The van der Waals surface area contributed by atoms with E-state index in [2.05, 4.69) is 29.1 Å². The van der Waals surface area contributed by atoms with Crippen molar-refractivity contribution in [2.24, 2.45) is 0 Å². The Kier molecular flexibility index (Phi) is 5.66. The molecule has 0 aliphatic heterocycles. The molecule has 0 N–H and O–H groups in total. The summed E-state index contributed by atoms with van der Waals surface area (Å²) in [6, 6.07) is 5.33. The Morgan fingerprint density at radius 1 is 1.30 bits per heavy atom. The zero-order valence-electron chi connectivity index (χ0n) is 13.3. The van der Waals surface area contributed by atoms with E-state index in [9.17, 15) is 4.79 Å². The third-order valence-electron chi connectivity index (χ3n) is 3.17. The summed E-state index contributed by atoms with van der Waals surface area (Å²) >= 11 is 3.32. The molecule has 0 bridgehead atoms. The van der Waals surface area contributed by atoms with Crippen molar-refractivity contribution in [3.05, 3.63) is 53.7 Å². The van der Waals surface area contributed by atoms with Gasteiger partial charge in [-0.3, -0.25) is 4.79 Å². The van der Waals surface area contributed by atoms with Gasteiger partial charge in [0.05, 0.1) is 11.5 Å². The Balaban J connectivity index is 2.48. The molecular formula is C18H20BrNO3. The van der Waals surface area contributed by atoms with Gasteiger partial charge < -0.3 is 14.1 Å². The number of halogens is 1. The lowest BCUT2D eigenvalue weighted by atomic mass is 10.1. The summed E-state index contributed by atoms with van der Waals surface area (Å²) in [6.07, 6.45) is 3.37. The van der Waals surface area contributed by atoms with Gasteiger partial charge in [0.25, 0.3) is 5.91 Å². The lowest BCUT2D eigenvalue weighted by Gasteiger charge is -2.20. The largest absolute Gasteiger partial charge is 0.490 e. The third kappa shape index (κ3) is 4.05. The Morgan fingerprint density at radius 2 is 1.96 bits per heavy atom. The Morgan fingerprint density at radius 3 is 2.52 bits per heavy atom. The van der Waals surface area contributed by atoms with Crippen LogP contribution in [0.1, 0.15) is 24.2 Å². The lowest BCUT2D eigenvalue weighted by Crippen LogP contribution is -2.31. The second-order valence-electron chi connectivity index (χ2n) is 5.39. The van der Waals surface area contributed by atoms with Crippen molar-refractivity contribution in [3.63, 3.8) is 0 Å². The Hall–Kier alpha value is -2.01. The SMILES string of the molecule is C=CCN(CC=C)C(=O)c1cc(OC(C)C)c2cc(Br)oc2c1. The molecule has 1 aromatic heterocycles. The van der Waals surface area contributed by atoms with Gasteiger partial charge >= 0.3 is 0 Å². The highest BCUT2D eigenvalue weighted by atomic mass is 79.9. The first-order valence-electron chi connectivity index (χ1n) is 7.37. The van der Waals surface area contributed by atoms with Crippen LogP contribution in [-0.2, 0) is 0 Å². The van der Waals surface area contributed by atoms with Gasteiger partial charge in [-0.25, -0.2) is 0 Å². The third-order valence-corrected chi connectivity index (χ3v) is 3.56. The monoisotopic (exact) mass is 377 g/mol. The molecule has 0 atom stereocenters. The van der Waals surface area contributed by atoms with Crippen molar-refractivity contribution in [2.45, 2.75) is 20.0 Å². The van der Waals surface area contributed by atoms with Gasteiger partial charge in [0.1, 0.15) is 11.3 Å². The number of carbonyl (C=O) groups excluding carboxylic acids is 1. The van der Waals surface area contributed by atoms with Crippen molar-refractivity contribution >= 4 is 32.8 Å². The van der Waals surface area contributed by atoms with Crippen LogP contribution in [-0.4, -0.2) is 30.0 Å². The Bertz CT molecular complexity index is 723. The number of ether oxygens (including phenoxy) is 1. The predicted molar refractivity (Wildman–Crippen MR) is 96.0 cm³/mol. The number of carbonyl (C=O) groups is 1. The summed E-state index contributed by atoms with van der Waals surface area (Å²) in [4.78, 5) is 14.4. The number of rotatable bonds is 7. The molecule has 0 spiro atoms. The van der Waals surface area contributed by atoms with Crippen LogP contribution in [0.2, 0.25) is 0 Å². The molecule has 0 saturated carbocycles.